The summed E-state index contributed by atoms with van der Waals surface area (Å²) in [4.78, 5) is 22.7. The average Bonchev–Trinajstić information content (AvgIpc) is 3.39. The Hall–Kier alpha value is -4.58. The molecular formula is C20H11N7O2. The molecule has 138 valence electrons. The van der Waals surface area contributed by atoms with Crippen molar-refractivity contribution in [2.75, 3.05) is 0 Å². The van der Waals surface area contributed by atoms with Crippen molar-refractivity contribution >= 4 is 22.4 Å². The van der Waals surface area contributed by atoms with Crippen LogP contribution in [0.1, 0.15) is 5.56 Å². The van der Waals surface area contributed by atoms with Crippen LogP contribution < -0.4 is 0 Å². The number of rotatable bonds is 3. The SMILES string of the molecule is N#Cc1c(-c2c[nH]c3ccccc23)nc2ncnn2c1-c1cccc([N+](=O)[O-])c1. The minimum atomic E-state index is -0.476. The molecular weight excluding hydrogens is 370 g/mol. The van der Waals surface area contributed by atoms with Crippen molar-refractivity contribution in [2.24, 2.45) is 0 Å². The molecule has 3 aromatic heterocycles. The number of non-ortho nitro benzene ring substituents is 1. The lowest BCUT2D eigenvalue weighted by atomic mass is 10.00. The van der Waals surface area contributed by atoms with Gasteiger partial charge in [0.25, 0.3) is 11.5 Å². The van der Waals surface area contributed by atoms with Gasteiger partial charge in [0.1, 0.15) is 18.0 Å². The molecule has 0 spiro atoms. The molecule has 2 aromatic carbocycles. The molecule has 3 heterocycles. The molecule has 9 nitrogen and oxygen atoms in total. The van der Waals surface area contributed by atoms with E-state index in [9.17, 15) is 15.4 Å². The lowest BCUT2D eigenvalue weighted by Crippen LogP contribution is -2.04. The molecule has 9 heteroatoms. The van der Waals surface area contributed by atoms with E-state index in [1.165, 1.54) is 23.0 Å². The maximum Gasteiger partial charge on any atom is 0.270 e. The number of nitrogens with one attached hydrogen (secondary N) is 1. The summed E-state index contributed by atoms with van der Waals surface area (Å²) in [5.41, 5.74) is 3.15. The highest BCUT2D eigenvalue weighted by Crippen LogP contribution is 2.35. The number of H-pyrrole nitrogens is 1. The van der Waals surface area contributed by atoms with Crippen molar-refractivity contribution < 1.29 is 4.92 Å². The molecule has 0 aliphatic carbocycles. The highest BCUT2D eigenvalue weighted by atomic mass is 16.6. The minimum Gasteiger partial charge on any atom is -0.360 e. The van der Waals surface area contributed by atoms with Crippen LogP contribution in [0.5, 0.6) is 0 Å². The number of nitro groups is 1. The summed E-state index contributed by atoms with van der Waals surface area (Å²) < 4.78 is 1.43. The zero-order valence-corrected chi connectivity index (χ0v) is 14.8. The molecule has 0 aliphatic heterocycles. The molecule has 0 atom stereocenters. The Kier molecular flexibility index (Phi) is 3.57. The van der Waals surface area contributed by atoms with Crippen molar-refractivity contribution in [3.63, 3.8) is 0 Å². The van der Waals surface area contributed by atoms with E-state index in [2.05, 4.69) is 26.1 Å². The van der Waals surface area contributed by atoms with Crippen molar-refractivity contribution in [3.05, 3.63) is 76.7 Å². The fourth-order valence-electron chi connectivity index (χ4n) is 3.44. The third kappa shape index (κ3) is 2.51. The van der Waals surface area contributed by atoms with Crippen LogP contribution in [-0.4, -0.2) is 29.5 Å². The van der Waals surface area contributed by atoms with E-state index in [-0.39, 0.29) is 11.3 Å². The van der Waals surface area contributed by atoms with Crippen LogP contribution in [0, 0.1) is 21.4 Å². The van der Waals surface area contributed by atoms with Crippen LogP contribution in [0.25, 0.3) is 39.2 Å². The van der Waals surface area contributed by atoms with Crippen molar-refractivity contribution in [1.82, 2.24) is 24.6 Å². The fourth-order valence-corrected chi connectivity index (χ4v) is 3.44. The lowest BCUT2D eigenvalue weighted by Gasteiger charge is -2.10. The second kappa shape index (κ2) is 6.24. The van der Waals surface area contributed by atoms with Gasteiger partial charge >= 0.3 is 0 Å². The van der Waals surface area contributed by atoms with E-state index in [0.29, 0.717) is 22.7 Å². The number of aromatic nitrogens is 5. The molecule has 0 radical (unpaired) electrons. The summed E-state index contributed by atoms with van der Waals surface area (Å²) in [5.74, 6) is 0.297. The first-order chi connectivity index (χ1) is 14.2. The first-order valence-corrected chi connectivity index (χ1v) is 8.62. The number of benzene rings is 2. The van der Waals surface area contributed by atoms with Gasteiger partial charge in [-0.25, -0.2) is 4.98 Å². The molecule has 0 unspecified atom stereocenters. The first kappa shape index (κ1) is 16.6. The summed E-state index contributed by atoms with van der Waals surface area (Å²) in [7, 11) is 0. The summed E-state index contributed by atoms with van der Waals surface area (Å²) in [6.07, 6.45) is 3.13. The Balaban J connectivity index is 1.88. The normalized spacial score (nSPS) is 11.0. The third-order valence-electron chi connectivity index (χ3n) is 4.71. The largest absolute Gasteiger partial charge is 0.360 e. The molecule has 29 heavy (non-hydrogen) atoms. The molecule has 0 saturated heterocycles. The van der Waals surface area contributed by atoms with Gasteiger partial charge in [-0.3, -0.25) is 10.1 Å². The van der Waals surface area contributed by atoms with Gasteiger partial charge in [-0.05, 0) is 6.07 Å². The van der Waals surface area contributed by atoms with Gasteiger partial charge in [-0.1, -0.05) is 30.3 Å². The summed E-state index contributed by atoms with van der Waals surface area (Å²) in [6.45, 7) is 0. The second-order valence-corrected chi connectivity index (χ2v) is 6.32. The maximum absolute atomic E-state index is 11.2. The van der Waals surface area contributed by atoms with Gasteiger partial charge in [0.15, 0.2) is 0 Å². The third-order valence-corrected chi connectivity index (χ3v) is 4.71. The predicted molar refractivity (Wildman–Crippen MR) is 105 cm³/mol. The van der Waals surface area contributed by atoms with E-state index in [1.54, 1.807) is 18.3 Å². The van der Waals surface area contributed by atoms with Gasteiger partial charge in [-0.2, -0.15) is 19.9 Å². The number of aromatic amines is 1. The number of para-hydroxylation sites is 1. The smallest absolute Gasteiger partial charge is 0.270 e. The number of nitrogens with zero attached hydrogens (tertiary/aromatic N) is 6. The van der Waals surface area contributed by atoms with Crippen LogP contribution >= 0.6 is 0 Å². The molecule has 5 aromatic rings. The van der Waals surface area contributed by atoms with E-state index < -0.39 is 4.92 Å². The van der Waals surface area contributed by atoms with Gasteiger partial charge in [0.05, 0.1) is 16.3 Å². The zero-order chi connectivity index (χ0) is 20.0. The number of nitriles is 1. The second-order valence-electron chi connectivity index (χ2n) is 6.32. The van der Waals surface area contributed by atoms with Crippen LogP contribution in [0.15, 0.2) is 61.1 Å². The molecule has 0 amide bonds. The highest BCUT2D eigenvalue weighted by molar-refractivity contribution is 5.97. The van der Waals surface area contributed by atoms with Crippen molar-refractivity contribution in [1.29, 1.82) is 5.26 Å². The van der Waals surface area contributed by atoms with Gasteiger partial charge in [-0.15, -0.1) is 0 Å². The maximum atomic E-state index is 11.2. The summed E-state index contributed by atoms with van der Waals surface area (Å²) in [6, 6.07) is 16.0. The molecule has 0 bridgehead atoms. The Morgan fingerprint density at radius 1 is 1.17 bits per heavy atom. The molecule has 0 saturated carbocycles. The fraction of sp³-hybridized carbons (Fsp3) is 0. The van der Waals surface area contributed by atoms with Crippen LogP contribution in [0.4, 0.5) is 5.69 Å². The highest BCUT2D eigenvalue weighted by Gasteiger charge is 2.22. The Labute approximate surface area is 163 Å². The first-order valence-electron chi connectivity index (χ1n) is 8.62. The van der Waals surface area contributed by atoms with E-state index in [4.69, 9.17) is 0 Å². The zero-order valence-electron chi connectivity index (χ0n) is 14.8. The standard InChI is InChI=1S/C20H11N7O2/c21-9-15-18(16-10-22-17-7-2-1-6-14(16)17)25-20-23-11-24-26(20)19(15)12-4-3-5-13(8-12)27(28)29/h1-8,10-11,22H. The quantitative estimate of drug-likeness (QED) is 0.375. The summed E-state index contributed by atoms with van der Waals surface area (Å²) in [5, 5.41) is 26.3. The van der Waals surface area contributed by atoms with Crippen LogP contribution in [0.3, 0.4) is 0 Å². The summed E-state index contributed by atoms with van der Waals surface area (Å²) >= 11 is 0. The van der Waals surface area contributed by atoms with Crippen LogP contribution in [0.2, 0.25) is 0 Å². The number of hydrogen-bond donors (Lipinski definition) is 1. The molecule has 0 fully saturated rings. The topological polar surface area (TPSA) is 126 Å². The Bertz CT molecular complexity index is 1460. The number of fused-ring (bicyclic) bond motifs is 2. The van der Waals surface area contributed by atoms with Crippen molar-refractivity contribution in [2.45, 2.75) is 0 Å². The van der Waals surface area contributed by atoms with Crippen molar-refractivity contribution in [3.8, 4) is 28.6 Å². The Morgan fingerprint density at radius 3 is 2.86 bits per heavy atom. The molecule has 0 aliphatic rings. The molecule has 1 N–H and O–H groups in total. The predicted octanol–water partition coefficient (Wildman–Crippen LogP) is 3.72. The Morgan fingerprint density at radius 2 is 2.03 bits per heavy atom. The number of nitro benzene ring substituents is 1. The average molecular weight is 381 g/mol. The monoisotopic (exact) mass is 381 g/mol. The lowest BCUT2D eigenvalue weighted by molar-refractivity contribution is -0.384. The van der Waals surface area contributed by atoms with Crippen LogP contribution in [-0.2, 0) is 0 Å². The molecule has 5 rings (SSSR count). The minimum absolute atomic E-state index is 0.0786. The van der Waals surface area contributed by atoms with E-state index in [0.717, 1.165) is 16.5 Å². The van der Waals surface area contributed by atoms with Gasteiger partial charge < -0.3 is 4.98 Å². The number of hydrogen-bond acceptors (Lipinski definition) is 6. The van der Waals surface area contributed by atoms with Gasteiger partial charge in [0, 0.05) is 40.4 Å². The van der Waals surface area contributed by atoms with E-state index >= 15 is 0 Å². The van der Waals surface area contributed by atoms with E-state index in [1.807, 2.05) is 24.3 Å². The van der Waals surface area contributed by atoms with Gasteiger partial charge in [0.2, 0.25) is 0 Å².